The third-order valence-corrected chi connectivity index (χ3v) is 6.46. The number of amidine groups is 1. The highest BCUT2D eigenvalue weighted by molar-refractivity contribution is 8.14. The van der Waals surface area contributed by atoms with Crippen LogP contribution in [0.2, 0.25) is 0 Å². The van der Waals surface area contributed by atoms with Crippen LogP contribution in [0.5, 0.6) is 0 Å². The van der Waals surface area contributed by atoms with Crippen molar-refractivity contribution in [3.8, 4) is 0 Å². The number of nitrogens with zero attached hydrogens (tertiary/aromatic N) is 1. The normalized spacial score (nSPS) is 38.1. The first-order valence-electron chi connectivity index (χ1n) is 8.38. The molecule has 0 aromatic rings. The Kier molecular flexibility index (Phi) is 4.09. The number of rotatable bonds is 3. The molecule has 1 heterocycles. The molecule has 2 saturated carbocycles. The molecule has 1 aliphatic heterocycles. The maximum absolute atomic E-state index is 4.74. The van der Waals surface area contributed by atoms with Crippen LogP contribution >= 0.6 is 11.8 Å². The second-order valence-corrected chi connectivity index (χ2v) is 9.71. The zero-order valence-corrected chi connectivity index (χ0v) is 14.3. The molecular formula is C17H30N2S. The predicted octanol–water partition coefficient (Wildman–Crippen LogP) is 4.31. The van der Waals surface area contributed by atoms with Crippen molar-refractivity contribution >= 4 is 16.9 Å². The second kappa shape index (κ2) is 5.55. The molecule has 2 fully saturated rings. The summed E-state index contributed by atoms with van der Waals surface area (Å²) < 4.78 is 0. The fourth-order valence-corrected chi connectivity index (χ4v) is 5.95. The van der Waals surface area contributed by atoms with Gasteiger partial charge in [0.25, 0.3) is 0 Å². The standard InChI is InChI=1S/C17H30N2S/c1-11(15-8-12-5-6-13(15)7-12)19-16-18-10-14(20-16)9-17(2,3)4/h11-15H,5-10H2,1-4H3,(H,18,19). The van der Waals surface area contributed by atoms with E-state index in [1.54, 1.807) is 0 Å². The second-order valence-electron chi connectivity index (χ2n) is 8.42. The van der Waals surface area contributed by atoms with Gasteiger partial charge in [0.2, 0.25) is 0 Å². The number of hydrogen-bond donors (Lipinski definition) is 1. The highest BCUT2D eigenvalue weighted by Crippen LogP contribution is 2.49. The van der Waals surface area contributed by atoms with Gasteiger partial charge in [0.05, 0.1) is 6.54 Å². The van der Waals surface area contributed by atoms with E-state index in [4.69, 9.17) is 4.99 Å². The molecule has 0 spiro atoms. The quantitative estimate of drug-likeness (QED) is 0.839. The molecule has 0 aromatic carbocycles. The molecule has 2 nitrogen and oxygen atoms in total. The van der Waals surface area contributed by atoms with Crippen molar-refractivity contribution in [3.05, 3.63) is 0 Å². The van der Waals surface area contributed by atoms with Gasteiger partial charge in [0.1, 0.15) is 0 Å². The highest BCUT2D eigenvalue weighted by Gasteiger charge is 2.42. The minimum Gasteiger partial charge on any atom is -0.362 e. The largest absolute Gasteiger partial charge is 0.362 e. The first-order valence-corrected chi connectivity index (χ1v) is 9.26. The Labute approximate surface area is 128 Å². The lowest BCUT2D eigenvalue weighted by atomic mass is 9.84. The molecule has 114 valence electrons. The van der Waals surface area contributed by atoms with Crippen LogP contribution in [0.3, 0.4) is 0 Å². The average molecular weight is 295 g/mol. The van der Waals surface area contributed by atoms with Gasteiger partial charge in [0, 0.05) is 11.3 Å². The maximum atomic E-state index is 4.74. The van der Waals surface area contributed by atoms with Crippen LogP contribution in [0.15, 0.2) is 4.99 Å². The van der Waals surface area contributed by atoms with Crippen LogP contribution < -0.4 is 5.32 Å². The first kappa shape index (κ1) is 14.7. The third kappa shape index (κ3) is 3.35. The molecule has 2 aliphatic carbocycles. The number of thioether (sulfide) groups is 1. The van der Waals surface area contributed by atoms with Crippen LogP contribution in [-0.2, 0) is 0 Å². The SMILES string of the molecule is CC(NC1=NCC(CC(C)(C)C)S1)C1CC2CCC1C2. The van der Waals surface area contributed by atoms with Gasteiger partial charge < -0.3 is 5.32 Å². The topological polar surface area (TPSA) is 24.4 Å². The van der Waals surface area contributed by atoms with Gasteiger partial charge in [-0.1, -0.05) is 39.0 Å². The Balaban J connectivity index is 1.47. The third-order valence-electron chi connectivity index (χ3n) is 5.34. The monoisotopic (exact) mass is 294 g/mol. The molecule has 3 rings (SSSR count). The van der Waals surface area contributed by atoms with Crippen molar-refractivity contribution in [2.75, 3.05) is 6.54 Å². The van der Waals surface area contributed by atoms with Crippen LogP contribution in [0.4, 0.5) is 0 Å². The van der Waals surface area contributed by atoms with Crippen LogP contribution in [0.25, 0.3) is 0 Å². The molecule has 3 heteroatoms. The smallest absolute Gasteiger partial charge is 0.157 e. The summed E-state index contributed by atoms with van der Waals surface area (Å²) in [7, 11) is 0. The van der Waals surface area contributed by atoms with Crippen molar-refractivity contribution < 1.29 is 0 Å². The fourth-order valence-electron chi connectivity index (χ4n) is 4.49. The Morgan fingerprint density at radius 3 is 2.70 bits per heavy atom. The van der Waals surface area contributed by atoms with Crippen molar-refractivity contribution in [3.63, 3.8) is 0 Å². The van der Waals surface area contributed by atoms with Crippen molar-refractivity contribution in [2.24, 2.45) is 28.2 Å². The van der Waals surface area contributed by atoms with Crippen LogP contribution in [0, 0.1) is 23.2 Å². The van der Waals surface area contributed by atoms with E-state index in [0.29, 0.717) is 16.7 Å². The average Bonchev–Trinajstić information content (AvgIpc) is 3.02. The Bertz CT molecular complexity index is 385. The lowest BCUT2D eigenvalue weighted by Crippen LogP contribution is -2.38. The van der Waals surface area contributed by atoms with Crippen LogP contribution in [-0.4, -0.2) is 23.0 Å². The van der Waals surface area contributed by atoms with E-state index in [1.807, 2.05) is 11.8 Å². The Hall–Kier alpha value is -0.180. The molecule has 0 amide bonds. The molecular weight excluding hydrogens is 264 g/mol. The number of nitrogens with one attached hydrogen (secondary N) is 1. The summed E-state index contributed by atoms with van der Waals surface area (Å²) in [5, 5.41) is 5.64. The maximum Gasteiger partial charge on any atom is 0.157 e. The van der Waals surface area contributed by atoms with Crippen molar-refractivity contribution in [2.45, 2.75) is 71.1 Å². The number of aliphatic imine (C=N–C) groups is 1. The van der Waals surface area contributed by atoms with Crippen molar-refractivity contribution in [1.82, 2.24) is 5.32 Å². The zero-order chi connectivity index (χ0) is 14.3. The summed E-state index contributed by atoms with van der Waals surface area (Å²) in [5.74, 6) is 2.94. The number of hydrogen-bond acceptors (Lipinski definition) is 3. The Morgan fingerprint density at radius 1 is 1.30 bits per heavy atom. The predicted molar refractivity (Wildman–Crippen MR) is 89.3 cm³/mol. The molecule has 0 radical (unpaired) electrons. The fraction of sp³-hybridized carbons (Fsp3) is 0.941. The van der Waals surface area contributed by atoms with E-state index in [-0.39, 0.29) is 0 Å². The van der Waals surface area contributed by atoms with Gasteiger partial charge in [-0.2, -0.15) is 0 Å². The van der Waals surface area contributed by atoms with E-state index < -0.39 is 0 Å². The van der Waals surface area contributed by atoms with Gasteiger partial charge in [-0.25, -0.2) is 0 Å². The Morgan fingerprint density at radius 2 is 2.10 bits per heavy atom. The highest BCUT2D eigenvalue weighted by atomic mass is 32.2. The van der Waals surface area contributed by atoms with Crippen LogP contribution in [0.1, 0.15) is 59.8 Å². The molecule has 2 bridgehead atoms. The molecule has 1 N–H and O–H groups in total. The summed E-state index contributed by atoms with van der Waals surface area (Å²) >= 11 is 1.98. The minimum atomic E-state index is 0.416. The van der Waals surface area contributed by atoms with Gasteiger partial charge in [-0.3, -0.25) is 4.99 Å². The number of fused-ring (bicyclic) bond motifs is 2. The molecule has 3 aliphatic rings. The molecule has 0 aromatic heterocycles. The molecule has 5 unspecified atom stereocenters. The molecule has 5 atom stereocenters. The van der Waals surface area contributed by atoms with E-state index in [2.05, 4.69) is 33.0 Å². The summed E-state index contributed by atoms with van der Waals surface area (Å²) in [6, 6.07) is 0.616. The van der Waals surface area contributed by atoms with E-state index in [1.165, 1.54) is 37.3 Å². The minimum absolute atomic E-state index is 0.416. The molecule has 20 heavy (non-hydrogen) atoms. The summed E-state index contributed by atoms with van der Waals surface area (Å²) in [6.45, 7) is 10.4. The van der Waals surface area contributed by atoms with Gasteiger partial charge >= 0.3 is 0 Å². The van der Waals surface area contributed by atoms with E-state index >= 15 is 0 Å². The van der Waals surface area contributed by atoms with Gasteiger partial charge in [-0.15, -0.1) is 0 Å². The van der Waals surface area contributed by atoms with Crippen molar-refractivity contribution in [1.29, 1.82) is 0 Å². The summed E-state index contributed by atoms with van der Waals surface area (Å²) in [5.41, 5.74) is 0.416. The summed E-state index contributed by atoms with van der Waals surface area (Å²) in [6.07, 6.45) is 7.20. The summed E-state index contributed by atoms with van der Waals surface area (Å²) in [4.78, 5) is 4.74. The first-order chi connectivity index (χ1) is 9.40. The van der Waals surface area contributed by atoms with Gasteiger partial charge in [0.15, 0.2) is 5.17 Å². The zero-order valence-electron chi connectivity index (χ0n) is 13.5. The lowest BCUT2D eigenvalue weighted by Gasteiger charge is -2.29. The lowest BCUT2D eigenvalue weighted by molar-refractivity contribution is 0.279. The van der Waals surface area contributed by atoms with Gasteiger partial charge in [-0.05, 0) is 55.8 Å². The van der Waals surface area contributed by atoms with E-state index in [0.717, 1.165) is 24.3 Å². The molecule has 0 saturated heterocycles. The van der Waals surface area contributed by atoms with E-state index in [9.17, 15) is 0 Å².